The quantitative estimate of drug-likeness (QED) is 0.373. The molecule has 0 bridgehead atoms. The molecule has 0 aromatic heterocycles. The molecule has 0 saturated heterocycles. The summed E-state index contributed by atoms with van der Waals surface area (Å²) in [4.78, 5) is 22.3. The Morgan fingerprint density at radius 3 is 1.78 bits per heavy atom. The molecule has 0 heterocycles. The molecule has 0 aliphatic heterocycles. The summed E-state index contributed by atoms with van der Waals surface area (Å²) in [6.07, 6.45) is 4.13. The summed E-state index contributed by atoms with van der Waals surface area (Å²) < 4.78 is 0. The number of nitrogens with one attached hydrogen (secondary N) is 2. The van der Waals surface area contributed by atoms with Crippen molar-refractivity contribution in [3.63, 3.8) is 0 Å². The number of amides is 2. The van der Waals surface area contributed by atoms with E-state index >= 15 is 0 Å². The molecule has 1 rings (SSSR count). The molecule has 1 aromatic rings. The molecule has 5 nitrogen and oxygen atoms in total. The average Bonchev–Trinajstić information content (AvgIpc) is 2.62. The van der Waals surface area contributed by atoms with Gasteiger partial charge < -0.3 is 5.32 Å². The molecule has 0 fully saturated rings. The molecule has 3 N–H and O–H groups in total. The van der Waals surface area contributed by atoms with Crippen LogP contribution in [0.25, 0.3) is 0 Å². The van der Waals surface area contributed by atoms with Gasteiger partial charge in [-0.15, -0.1) is 0 Å². The van der Waals surface area contributed by atoms with Crippen LogP contribution >= 0.6 is 0 Å². The Kier molecular flexibility index (Phi) is 18.5. The van der Waals surface area contributed by atoms with Crippen LogP contribution in [-0.4, -0.2) is 17.0 Å². The van der Waals surface area contributed by atoms with E-state index in [9.17, 15) is 9.59 Å². The van der Waals surface area contributed by atoms with Crippen LogP contribution in [0.2, 0.25) is 0 Å². The minimum atomic E-state index is -0.359. The lowest BCUT2D eigenvalue weighted by Crippen LogP contribution is -2.17. The van der Waals surface area contributed by atoms with Crippen molar-refractivity contribution in [1.82, 2.24) is 5.48 Å². The van der Waals surface area contributed by atoms with Gasteiger partial charge in [0.15, 0.2) is 0 Å². The number of rotatable bonds is 8. The Hall–Kier alpha value is -1.88. The van der Waals surface area contributed by atoms with Gasteiger partial charge in [-0.3, -0.25) is 14.8 Å². The van der Waals surface area contributed by atoms with E-state index in [1.165, 1.54) is 0 Å². The minimum absolute atomic E-state index is 0.0132. The normalized spacial score (nSPS) is 8.74. The predicted molar refractivity (Wildman–Crippen MR) is 95.4 cm³/mol. The fourth-order valence-corrected chi connectivity index (χ4v) is 1.73. The van der Waals surface area contributed by atoms with Crippen molar-refractivity contribution in [2.24, 2.45) is 0 Å². The molecule has 0 radical (unpaired) electrons. The summed E-state index contributed by atoms with van der Waals surface area (Å²) in [5.74, 6) is -0.346. The number of carbonyl (C=O) groups is 2. The zero-order chi connectivity index (χ0) is 17.9. The second-order valence-electron chi connectivity index (χ2n) is 4.36. The highest BCUT2D eigenvalue weighted by atomic mass is 16.5. The maximum absolute atomic E-state index is 11.6. The van der Waals surface area contributed by atoms with E-state index in [1.807, 2.05) is 58.0 Å². The fourth-order valence-electron chi connectivity index (χ4n) is 1.73. The molecule has 0 spiro atoms. The first-order valence-electron chi connectivity index (χ1n) is 8.50. The van der Waals surface area contributed by atoms with Gasteiger partial charge >= 0.3 is 0 Å². The monoisotopic (exact) mass is 324 g/mol. The lowest BCUT2D eigenvalue weighted by atomic mass is 10.1. The van der Waals surface area contributed by atoms with E-state index in [0.29, 0.717) is 12.8 Å². The summed E-state index contributed by atoms with van der Waals surface area (Å²) in [6, 6.07) is 9.36. The standard InChI is InChI=1S/C14H20N2O3.2C2H6/c17-13(15-12-8-4-3-5-9-12)10-6-1-2-7-11-14(18)16-19;2*1-2/h3-5,8-9,19H,1-2,6-7,10-11H2,(H,15,17)(H,16,18);2*1-2H3. The first-order valence-corrected chi connectivity index (χ1v) is 8.50. The van der Waals surface area contributed by atoms with Gasteiger partial charge in [0.1, 0.15) is 0 Å². The van der Waals surface area contributed by atoms with E-state index in [2.05, 4.69) is 5.32 Å². The number of hydrogen-bond donors (Lipinski definition) is 3. The van der Waals surface area contributed by atoms with Crippen molar-refractivity contribution >= 4 is 17.5 Å². The summed E-state index contributed by atoms with van der Waals surface area (Å²) in [5.41, 5.74) is 2.41. The van der Waals surface area contributed by atoms with E-state index in [-0.39, 0.29) is 11.8 Å². The van der Waals surface area contributed by atoms with Crippen LogP contribution in [0.3, 0.4) is 0 Å². The number of hydroxylamine groups is 1. The Morgan fingerprint density at radius 1 is 0.826 bits per heavy atom. The van der Waals surface area contributed by atoms with Crippen molar-refractivity contribution in [3.8, 4) is 0 Å². The highest BCUT2D eigenvalue weighted by Gasteiger charge is 2.02. The lowest BCUT2D eigenvalue weighted by molar-refractivity contribution is -0.129. The summed E-state index contributed by atoms with van der Waals surface area (Å²) >= 11 is 0. The van der Waals surface area contributed by atoms with Gasteiger partial charge in [0.25, 0.3) is 0 Å². The third-order valence-electron chi connectivity index (χ3n) is 2.74. The van der Waals surface area contributed by atoms with Crippen molar-refractivity contribution in [3.05, 3.63) is 30.3 Å². The zero-order valence-corrected chi connectivity index (χ0v) is 14.9. The molecule has 0 saturated carbocycles. The van der Waals surface area contributed by atoms with Gasteiger partial charge in [0.2, 0.25) is 11.8 Å². The molecule has 0 atom stereocenters. The molecule has 1 aromatic carbocycles. The summed E-state index contributed by atoms with van der Waals surface area (Å²) in [5, 5.41) is 11.1. The first-order chi connectivity index (χ1) is 11.2. The van der Waals surface area contributed by atoms with Crippen molar-refractivity contribution in [1.29, 1.82) is 0 Å². The predicted octanol–water partition coefficient (Wildman–Crippen LogP) is 4.52. The van der Waals surface area contributed by atoms with E-state index in [1.54, 1.807) is 5.48 Å². The maximum atomic E-state index is 11.6. The average molecular weight is 324 g/mol. The number of anilines is 1. The highest BCUT2D eigenvalue weighted by Crippen LogP contribution is 2.09. The van der Waals surface area contributed by atoms with Gasteiger partial charge in [0, 0.05) is 18.5 Å². The van der Waals surface area contributed by atoms with E-state index in [4.69, 9.17) is 5.21 Å². The molecule has 23 heavy (non-hydrogen) atoms. The van der Waals surface area contributed by atoms with Crippen LogP contribution in [0.15, 0.2) is 30.3 Å². The van der Waals surface area contributed by atoms with Crippen molar-refractivity contribution in [2.45, 2.75) is 66.2 Å². The Bertz CT molecular complexity index is 395. The molecule has 0 aliphatic carbocycles. The summed E-state index contributed by atoms with van der Waals surface area (Å²) in [6.45, 7) is 8.00. The molecule has 0 unspecified atom stereocenters. The van der Waals surface area contributed by atoms with Crippen LogP contribution in [0.5, 0.6) is 0 Å². The summed E-state index contributed by atoms with van der Waals surface area (Å²) in [7, 11) is 0. The zero-order valence-electron chi connectivity index (χ0n) is 14.9. The molecular weight excluding hydrogens is 292 g/mol. The number of para-hydroxylation sites is 1. The van der Waals surface area contributed by atoms with Crippen LogP contribution in [-0.2, 0) is 9.59 Å². The van der Waals surface area contributed by atoms with Gasteiger partial charge in [0.05, 0.1) is 0 Å². The largest absolute Gasteiger partial charge is 0.326 e. The molecule has 0 aliphatic rings. The maximum Gasteiger partial charge on any atom is 0.243 e. The third kappa shape index (κ3) is 14.8. The minimum Gasteiger partial charge on any atom is -0.326 e. The van der Waals surface area contributed by atoms with Gasteiger partial charge in [-0.1, -0.05) is 58.7 Å². The molecule has 5 heteroatoms. The molecular formula is C18H32N2O3. The number of benzene rings is 1. The smallest absolute Gasteiger partial charge is 0.243 e. The topological polar surface area (TPSA) is 78.4 Å². The van der Waals surface area contributed by atoms with Crippen LogP contribution in [0, 0.1) is 0 Å². The lowest BCUT2D eigenvalue weighted by Gasteiger charge is -2.04. The number of unbranched alkanes of at least 4 members (excludes halogenated alkanes) is 3. The fraction of sp³-hybridized carbons (Fsp3) is 0.556. The van der Waals surface area contributed by atoms with Crippen molar-refractivity contribution < 1.29 is 14.8 Å². The van der Waals surface area contributed by atoms with Crippen LogP contribution in [0.4, 0.5) is 5.69 Å². The first kappa shape index (κ1) is 23.4. The van der Waals surface area contributed by atoms with Crippen LogP contribution in [0.1, 0.15) is 66.2 Å². The van der Waals surface area contributed by atoms with Crippen LogP contribution < -0.4 is 10.8 Å². The second-order valence-corrected chi connectivity index (χ2v) is 4.36. The van der Waals surface area contributed by atoms with E-state index < -0.39 is 0 Å². The number of hydrogen-bond acceptors (Lipinski definition) is 3. The second kappa shape index (κ2) is 18.2. The Labute approximate surface area is 140 Å². The van der Waals surface area contributed by atoms with E-state index in [0.717, 1.165) is 31.4 Å². The van der Waals surface area contributed by atoms with Crippen molar-refractivity contribution in [2.75, 3.05) is 5.32 Å². The molecule has 2 amide bonds. The number of carbonyl (C=O) groups excluding carboxylic acids is 2. The highest BCUT2D eigenvalue weighted by molar-refractivity contribution is 5.90. The SMILES string of the molecule is CC.CC.O=C(CCCCCCC(=O)Nc1ccccc1)NO. The van der Waals surface area contributed by atoms with Gasteiger partial charge in [-0.25, -0.2) is 5.48 Å². The third-order valence-corrected chi connectivity index (χ3v) is 2.74. The van der Waals surface area contributed by atoms with Gasteiger partial charge in [-0.05, 0) is 25.0 Å². The Morgan fingerprint density at radius 2 is 1.30 bits per heavy atom. The molecule has 132 valence electrons. The van der Waals surface area contributed by atoms with Gasteiger partial charge in [-0.2, -0.15) is 0 Å². The Balaban J connectivity index is 0.